The first kappa shape index (κ1) is 19.1. The van der Waals surface area contributed by atoms with E-state index < -0.39 is 10.1 Å². The lowest BCUT2D eigenvalue weighted by Crippen LogP contribution is -2.00. The second-order valence-electron chi connectivity index (χ2n) is 3.94. The summed E-state index contributed by atoms with van der Waals surface area (Å²) in [6.07, 6.45) is 4.53. The molecule has 0 atom stereocenters. The highest BCUT2D eigenvalue weighted by molar-refractivity contribution is 7.85. The third kappa shape index (κ3) is 8.06. The van der Waals surface area contributed by atoms with E-state index in [1.807, 2.05) is 6.92 Å². The summed E-state index contributed by atoms with van der Waals surface area (Å²) in [5.74, 6) is -0.330. The lowest BCUT2D eigenvalue weighted by Gasteiger charge is -2.00. The number of ether oxygens (including phenoxy) is 1. The van der Waals surface area contributed by atoms with Crippen LogP contribution in [0.1, 0.15) is 25.3 Å². The molecule has 0 aliphatic heterocycles. The number of hydrogen-bond donors (Lipinski definition) is 1. The van der Waals surface area contributed by atoms with E-state index in [4.69, 9.17) is 4.55 Å². The first-order valence-corrected chi connectivity index (χ1v) is 7.79. The van der Waals surface area contributed by atoms with Gasteiger partial charge in [0, 0.05) is 6.08 Å². The summed E-state index contributed by atoms with van der Waals surface area (Å²) in [7, 11) is -4.12. The van der Waals surface area contributed by atoms with Gasteiger partial charge in [-0.15, -0.1) is 0 Å². The fraction of sp³-hybridized carbons (Fsp3) is 0.267. The molecule has 21 heavy (non-hydrogen) atoms. The van der Waals surface area contributed by atoms with Crippen molar-refractivity contribution in [3.63, 3.8) is 0 Å². The van der Waals surface area contributed by atoms with Gasteiger partial charge in [-0.3, -0.25) is 4.55 Å². The lowest BCUT2D eigenvalue weighted by atomic mass is 10.2. The lowest BCUT2D eigenvalue weighted by molar-refractivity contribution is -0.137. The van der Waals surface area contributed by atoms with Gasteiger partial charge in [-0.2, -0.15) is 8.42 Å². The van der Waals surface area contributed by atoms with Gasteiger partial charge in [0.1, 0.15) is 4.90 Å². The van der Waals surface area contributed by atoms with E-state index in [1.165, 1.54) is 24.3 Å². The number of unbranched alkanes of at least 4 members (excludes halogenated alkanes) is 1. The van der Waals surface area contributed by atoms with E-state index in [1.54, 1.807) is 12.1 Å². The van der Waals surface area contributed by atoms with E-state index in [-0.39, 0.29) is 10.9 Å². The van der Waals surface area contributed by atoms with Crippen molar-refractivity contribution in [1.29, 1.82) is 0 Å². The number of esters is 1. The predicted octanol–water partition coefficient (Wildman–Crippen LogP) is 3.09. The van der Waals surface area contributed by atoms with Crippen LogP contribution in [-0.2, 0) is 19.6 Å². The van der Waals surface area contributed by atoms with E-state index in [0.717, 1.165) is 12.8 Å². The fourth-order valence-corrected chi connectivity index (χ4v) is 1.96. The zero-order valence-corrected chi connectivity index (χ0v) is 12.8. The van der Waals surface area contributed by atoms with Crippen LogP contribution in [0.25, 0.3) is 6.08 Å². The molecule has 0 bridgehead atoms. The van der Waals surface area contributed by atoms with Crippen LogP contribution in [-0.4, -0.2) is 25.5 Å². The smallest absolute Gasteiger partial charge is 0.330 e. The predicted molar refractivity (Wildman–Crippen MR) is 82.4 cm³/mol. The van der Waals surface area contributed by atoms with Crippen molar-refractivity contribution in [2.45, 2.75) is 24.7 Å². The Morgan fingerprint density at radius 2 is 1.95 bits per heavy atom. The molecule has 1 N–H and O–H groups in total. The quantitative estimate of drug-likeness (QED) is 0.378. The monoisotopic (exact) mass is 312 g/mol. The van der Waals surface area contributed by atoms with E-state index in [2.05, 4.69) is 17.9 Å². The first-order chi connectivity index (χ1) is 9.86. The molecule has 0 saturated heterocycles. The Bertz CT molecular complexity index is 575. The minimum absolute atomic E-state index is 0.111. The zero-order chi connectivity index (χ0) is 16.3. The van der Waals surface area contributed by atoms with Crippen LogP contribution in [0.15, 0.2) is 48.4 Å². The molecule has 0 radical (unpaired) electrons. The number of hydrogen-bond acceptors (Lipinski definition) is 4. The topological polar surface area (TPSA) is 80.7 Å². The minimum Gasteiger partial charge on any atom is -0.463 e. The van der Waals surface area contributed by atoms with Crippen LogP contribution in [0, 0.1) is 0 Å². The summed E-state index contributed by atoms with van der Waals surface area (Å²) in [5.41, 5.74) is 0.403. The zero-order valence-electron chi connectivity index (χ0n) is 12.0. The number of carbonyl (C=O) groups excluding carboxylic acids is 1. The van der Waals surface area contributed by atoms with Crippen LogP contribution >= 0.6 is 0 Å². The largest absolute Gasteiger partial charge is 0.463 e. The second-order valence-corrected chi connectivity index (χ2v) is 5.33. The van der Waals surface area contributed by atoms with Gasteiger partial charge in [-0.1, -0.05) is 50.8 Å². The van der Waals surface area contributed by atoms with Gasteiger partial charge in [0.15, 0.2) is 0 Å². The average Bonchev–Trinajstić information content (AvgIpc) is 2.47. The molecule has 0 aliphatic carbocycles. The molecule has 0 aliphatic rings. The molecule has 1 aromatic carbocycles. The van der Waals surface area contributed by atoms with Crippen molar-refractivity contribution in [3.8, 4) is 0 Å². The molecule has 0 spiro atoms. The first-order valence-electron chi connectivity index (χ1n) is 6.35. The Hall–Kier alpha value is -1.92. The van der Waals surface area contributed by atoms with Gasteiger partial charge in [-0.25, -0.2) is 4.79 Å². The Morgan fingerprint density at radius 3 is 2.38 bits per heavy atom. The second kappa shape index (κ2) is 9.90. The van der Waals surface area contributed by atoms with Gasteiger partial charge >= 0.3 is 5.97 Å². The Labute approximate surface area is 125 Å². The van der Waals surface area contributed by atoms with Crippen LogP contribution < -0.4 is 0 Å². The van der Waals surface area contributed by atoms with Crippen molar-refractivity contribution in [1.82, 2.24) is 0 Å². The standard InChI is InChI=1S/C8H8O3S.C7H12O2/c1-2-7-5-3-4-6-8(7)12(9,10)11;1-3-5-6-9-7(8)4-2/h2-6H,1H2,(H,9,10,11);4H,2-3,5-6H2,1H3. The van der Waals surface area contributed by atoms with E-state index >= 15 is 0 Å². The third-order valence-corrected chi connectivity index (χ3v) is 3.25. The van der Waals surface area contributed by atoms with Gasteiger partial charge in [0.25, 0.3) is 10.1 Å². The van der Waals surface area contributed by atoms with Crippen LogP contribution in [0.3, 0.4) is 0 Å². The summed E-state index contributed by atoms with van der Waals surface area (Å²) in [5, 5.41) is 0. The molecule has 0 heterocycles. The minimum atomic E-state index is -4.12. The highest BCUT2D eigenvalue weighted by Crippen LogP contribution is 2.15. The van der Waals surface area contributed by atoms with Gasteiger partial charge in [0.2, 0.25) is 0 Å². The molecular formula is C15H20O5S. The van der Waals surface area contributed by atoms with E-state index in [9.17, 15) is 13.2 Å². The van der Waals surface area contributed by atoms with Crippen molar-refractivity contribution in [2.24, 2.45) is 0 Å². The molecule has 1 aromatic rings. The van der Waals surface area contributed by atoms with Gasteiger partial charge < -0.3 is 4.74 Å². The number of benzene rings is 1. The van der Waals surface area contributed by atoms with Crippen LogP contribution in [0.4, 0.5) is 0 Å². The van der Waals surface area contributed by atoms with Gasteiger partial charge in [0.05, 0.1) is 6.61 Å². The molecule has 116 valence electrons. The number of carbonyl (C=O) groups is 1. The highest BCUT2D eigenvalue weighted by Gasteiger charge is 2.11. The highest BCUT2D eigenvalue weighted by atomic mass is 32.2. The maximum atomic E-state index is 10.7. The fourth-order valence-electron chi connectivity index (χ4n) is 1.26. The molecule has 0 amide bonds. The molecule has 0 fully saturated rings. The summed E-state index contributed by atoms with van der Waals surface area (Å²) in [6, 6.07) is 6.10. The summed E-state index contributed by atoms with van der Waals surface area (Å²) < 4.78 is 34.8. The Balaban J connectivity index is 0.000000400. The molecule has 5 nitrogen and oxygen atoms in total. The van der Waals surface area contributed by atoms with Crippen LogP contribution in [0.5, 0.6) is 0 Å². The number of rotatable bonds is 6. The summed E-state index contributed by atoms with van der Waals surface area (Å²) in [6.45, 7) is 9.25. The molecule has 0 aromatic heterocycles. The SMILES string of the molecule is C=CC(=O)OCCCC.C=Cc1ccccc1S(=O)(=O)O. The normalized spacial score (nSPS) is 10.0. The van der Waals surface area contributed by atoms with E-state index in [0.29, 0.717) is 12.2 Å². The maximum absolute atomic E-state index is 10.7. The molecule has 0 saturated carbocycles. The molecule has 6 heteroatoms. The van der Waals surface area contributed by atoms with Crippen molar-refractivity contribution in [2.75, 3.05) is 6.61 Å². The van der Waals surface area contributed by atoms with Gasteiger partial charge in [-0.05, 0) is 18.1 Å². The Morgan fingerprint density at radius 1 is 1.33 bits per heavy atom. The van der Waals surface area contributed by atoms with Crippen LogP contribution in [0.2, 0.25) is 0 Å². The third-order valence-electron chi connectivity index (χ3n) is 2.33. The molecular weight excluding hydrogens is 292 g/mol. The molecule has 0 unspecified atom stereocenters. The Kier molecular flexibility index (Phi) is 9.00. The maximum Gasteiger partial charge on any atom is 0.330 e. The summed E-state index contributed by atoms with van der Waals surface area (Å²) in [4.78, 5) is 10.2. The summed E-state index contributed by atoms with van der Waals surface area (Å²) >= 11 is 0. The molecule has 1 rings (SSSR count). The van der Waals surface area contributed by atoms with Crippen molar-refractivity contribution < 1.29 is 22.5 Å². The average molecular weight is 312 g/mol. The van der Waals surface area contributed by atoms with Crippen molar-refractivity contribution in [3.05, 3.63) is 49.1 Å². The van der Waals surface area contributed by atoms with Crippen molar-refractivity contribution >= 4 is 22.2 Å².